The van der Waals surface area contributed by atoms with Crippen molar-refractivity contribution in [2.24, 2.45) is 0 Å². The summed E-state index contributed by atoms with van der Waals surface area (Å²) in [6.07, 6.45) is 0.597. The molecule has 0 amide bonds. The minimum absolute atomic E-state index is 0.286. The smallest absolute Gasteiger partial charge is 0.189 e. The highest BCUT2D eigenvalue weighted by molar-refractivity contribution is 5.96. The average molecular weight is 575 g/mol. The van der Waals surface area contributed by atoms with Crippen LogP contribution in [-0.4, -0.2) is 14.2 Å². The molecule has 0 N–H and O–H groups in total. The van der Waals surface area contributed by atoms with Gasteiger partial charge < -0.3 is 18.9 Å². The Kier molecular flexibility index (Phi) is 5.39. The highest BCUT2D eigenvalue weighted by atomic mass is 16.6. The largest absolute Gasteiger partial charge is 0.493 e. The molecule has 1 unspecified atom stereocenters. The molecule has 0 bridgehead atoms. The van der Waals surface area contributed by atoms with E-state index >= 15 is 0 Å². The van der Waals surface area contributed by atoms with E-state index in [9.17, 15) is 10.5 Å². The summed E-state index contributed by atoms with van der Waals surface area (Å²) in [7, 11) is 3.31. The highest BCUT2D eigenvalue weighted by Crippen LogP contribution is 2.65. The monoisotopic (exact) mass is 574 g/mol. The summed E-state index contributed by atoms with van der Waals surface area (Å²) in [6, 6.07) is 29.8. The van der Waals surface area contributed by atoms with Crippen molar-refractivity contribution in [1.82, 2.24) is 0 Å². The predicted octanol–water partition coefficient (Wildman–Crippen LogP) is 8.56. The van der Waals surface area contributed by atoms with Gasteiger partial charge in [0.1, 0.15) is 23.3 Å². The van der Waals surface area contributed by atoms with Gasteiger partial charge in [0.2, 0.25) is 0 Å². The Morgan fingerprint density at radius 3 is 1.77 bits per heavy atom. The van der Waals surface area contributed by atoms with E-state index in [4.69, 9.17) is 18.9 Å². The van der Waals surface area contributed by atoms with Crippen molar-refractivity contribution < 1.29 is 18.9 Å². The molecule has 2 aliphatic carbocycles. The van der Waals surface area contributed by atoms with Gasteiger partial charge in [0.25, 0.3) is 0 Å². The third kappa shape index (κ3) is 3.02. The molecule has 44 heavy (non-hydrogen) atoms. The van der Waals surface area contributed by atoms with Gasteiger partial charge in [0.15, 0.2) is 34.5 Å². The molecule has 5 aromatic rings. The van der Waals surface area contributed by atoms with Crippen LogP contribution >= 0.6 is 0 Å². The predicted molar refractivity (Wildman–Crippen MR) is 166 cm³/mol. The van der Waals surface area contributed by atoms with Crippen molar-refractivity contribution in [3.8, 4) is 68.9 Å². The fraction of sp³-hybridized carbons (Fsp3) is 0.158. The van der Waals surface area contributed by atoms with Gasteiger partial charge in [-0.2, -0.15) is 10.5 Å². The lowest BCUT2D eigenvalue weighted by molar-refractivity contribution is 0.354. The molecule has 1 atom stereocenters. The summed E-state index contributed by atoms with van der Waals surface area (Å²) >= 11 is 0. The Morgan fingerprint density at radius 1 is 0.659 bits per heavy atom. The summed E-state index contributed by atoms with van der Waals surface area (Å²) < 4.78 is 24.6. The van der Waals surface area contributed by atoms with E-state index in [1.807, 2.05) is 32.0 Å². The zero-order valence-electron chi connectivity index (χ0n) is 24.7. The molecule has 3 aliphatic rings. The van der Waals surface area contributed by atoms with Crippen LogP contribution in [0.5, 0.6) is 34.5 Å². The van der Waals surface area contributed by atoms with Crippen LogP contribution in [0.4, 0.5) is 0 Å². The minimum atomic E-state index is -0.659. The number of nitrogens with zero attached hydrogens (tertiary/aromatic N) is 2. The normalized spacial score (nSPS) is 15.8. The Balaban J connectivity index is 1.45. The highest BCUT2D eigenvalue weighted by Gasteiger charge is 2.53. The minimum Gasteiger partial charge on any atom is -0.493 e. The summed E-state index contributed by atoms with van der Waals surface area (Å²) in [5, 5.41) is 20.3. The van der Waals surface area contributed by atoms with Gasteiger partial charge in [-0.25, -0.2) is 0 Å². The molecule has 0 aromatic heterocycles. The molecule has 212 valence electrons. The molecule has 0 saturated carbocycles. The SMILES string of the molecule is CCc1c(C)c(C#N)c2c(c1C#N)Oc1cc3c(cc1O2)C1(c2ccccc2-c2cc(OC)c(OC)cc21)c1ccccc1-3. The summed E-state index contributed by atoms with van der Waals surface area (Å²) in [4.78, 5) is 0. The molecule has 1 spiro atoms. The topological polar surface area (TPSA) is 84.5 Å². The van der Waals surface area contributed by atoms with E-state index in [2.05, 4.69) is 66.7 Å². The Bertz CT molecular complexity index is 2190. The van der Waals surface area contributed by atoms with Crippen LogP contribution in [0.1, 0.15) is 51.4 Å². The number of benzene rings is 5. The van der Waals surface area contributed by atoms with E-state index in [0.29, 0.717) is 46.3 Å². The van der Waals surface area contributed by atoms with Crippen LogP contribution in [-0.2, 0) is 11.8 Å². The maximum atomic E-state index is 10.2. The number of fused-ring (bicyclic) bond motifs is 12. The second-order valence-electron chi connectivity index (χ2n) is 11.2. The molecule has 5 aromatic carbocycles. The van der Waals surface area contributed by atoms with Crippen molar-refractivity contribution in [3.05, 3.63) is 117 Å². The first-order chi connectivity index (χ1) is 21.5. The summed E-state index contributed by atoms with van der Waals surface area (Å²) in [5.74, 6) is 2.91. The van der Waals surface area contributed by atoms with Gasteiger partial charge in [-0.3, -0.25) is 0 Å². The average Bonchev–Trinajstić information content (AvgIpc) is 3.51. The second kappa shape index (κ2) is 9.14. The number of ether oxygens (including phenoxy) is 4. The third-order valence-corrected chi connectivity index (χ3v) is 9.45. The first-order valence-electron chi connectivity index (χ1n) is 14.5. The Labute approximate surface area is 255 Å². The molecule has 6 nitrogen and oxygen atoms in total. The number of hydrogen-bond acceptors (Lipinski definition) is 6. The van der Waals surface area contributed by atoms with E-state index in [1.165, 1.54) is 0 Å². The van der Waals surface area contributed by atoms with Crippen molar-refractivity contribution in [2.75, 3.05) is 14.2 Å². The van der Waals surface area contributed by atoms with Gasteiger partial charge >= 0.3 is 0 Å². The Hall–Kier alpha value is -5.72. The maximum Gasteiger partial charge on any atom is 0.189 e. The third-order valence-electron chi connectivity index (χ3n) is 9.45. The van der Waals surface area contributed by atoms with Gasteiger partial charge in [0, 0.05) is 0 Å². The molecule has 0 radical (unpaired) electrons. The van der Waals surface area contributed by atoms with E-state index in [1.54, 1.807) is 14.2 Å². The molecule has 6 heteroatoms. The molecule has 0 saturated heterocycles. The molecule has 1 aliphatic heterocycles. The van der Waals surface area contributed by atoms with Crippen molar-refractivity contribution in [1.29, 1.82) is 10.5 Å². The first kappa shape index (κ1) is 25.9. The second-order valence-corrected chi connectivity index (χ2v) is 11.2. The summed E-state index contributed by atoms with van der Waals surface area (Å²) in [5.41, 5.74) is 10.4. The lowest BCUT2D eigenvalue weighted by Crippen LogP contribution is -2.26. The van der Waals surface area contributed by atoms with Gasteiger partial charge in [0.05, 0.1) is 19.6 Å². The lowest BCUT2D eigenvalue weighted by Gasteiger charge is -2.32. The first-order valence-corrected chi connectivity index (χ1v) is 14.5. The van der Waals surface area contributed by atoms with E-state index < -0.39 is 5.41 Å². The zero-order valence-corrected chi connectivity index (χ0v) is 24.7. The van der Waals surface area contributed by atoms with Crippen LogP contribution in [0.3, 0.4) is 0 Å². The van der Waals surface area contributed by atoms with Gasteiger partial charge in [-0.1, -0.05) is 55.5 Å². The van der Waals surface area contributed by atoms with E-state index in [-0.39, 0.29) is 5.75 Å². The van der Waals surface area contributed by atoms with Crippen LogP contribution in [0, 0.1) is 29.6 Å². The Morgan fingerprint density at radius 2 is 1.18 bits per heavy atom. The van der Waals surface area contributed by atoms with Gasteiger partial charge in [-0.15, -0.1) is 0 Å². The zero-order chi connectivity index (χ0) is 30.3. The number of nitriles is 2. The van der Waals surface area contributed by atoms with Crippen molar-refractivity contribution in [2.45, 2.75) is 25.7 Å². The molecule has 8 rings (SSSR count). The van der Waals surface area contributed by atoms with E-state index in [0.717, 1.165) is 55.6 Å². The molecular weight excluding hydrogens is 548 g/mol. The number of methoxy groups -OCH3 is 2. The van der Waals surface area contributed by atoms with Crippen LogP contribution < -0.4 is 18.9 Å². The fourth-order valence-electron chi connectivity index (χ4n) is 7.61. The number of hydrogen-bond donors (Lipinski definition) is 0. The molecular formula is C38H26N2O4. The van der Waals surface area contributed by atoms with Crippen LogP contribution in [0.15, 0.2) is 72.8 Å². The quantitative estimate of drug-likeness (QED) is 0.210. The van der Waals surface area contributed by atoms with Crippen LogP contribution in [0.25, 0.3) is 22.3 Å². The fourth-order valence-corrected chi connectivity index (χ4v) is 7.61. The van der Waals surface area contributed by atoms with Crippen molar-refractivity contribution in [3.63, 3.8) is 0 Å². The number of rotatable bonds is 3. The molecule has 1 heterocycles. The maximum absolute atomic E-state index is 10.2. The van der Waals surface area contributed by atoms with Crippen molar-refractivity contribution >= 4 is 0 Å². The van der Waals surface area contributed by atoms with Crippen LogP contribution in [0.2, 0.25) is 0 Å². The lowest BCUT2D eigenvalue weighted by atomic mass is 9.70. The summed E-state index contributed by atoms with van der Waals surface area (Å²) in [6.45, 7) is 3.83. The standard InChI is InChI=1S/C38H26N2O4/c1-5-21-20(2)26(18-39)36-37(27(21)19-40)43-34-15-25-23-11-7-9-13-29(23)38(31(25)17-35(34)44-36)28-12-8-6-10-22(28)24-14-32(41-3)33(42-4)16-30(24)38/h6-17H,5H2,1-4H3. The van der Waals surface area contributed by atoms with Gasteiger partial charge in [-0.05, 0) is 93.2 Å². The molecule has 0 fully saturated rings.